The van der Waals surface area contributed by atoms with Crippen LogP contribution in [-0.2, 0) is 10.0 Å². The van der Waals surface area contributed by atoms with E-state index in [2.05, 4.69) is 4.72 Å². The summed E-state index contributed by atoms with van der Waals surface area (Å²) >= 11 is 5.74. The predicted octanol–water partition coefficient (Wildman–Crippen LogP) is 3.12. The highest BCUT2D eigenvalue weighted by Crippen LogP contribution is 2.19. The number of benzene rings is 2. The van der Waals surface area contributed by atoms with Crippen molar-refractivity contribution in [3.63, 3.8) is 0 Å². The molecule has 2 N–H and O–H groups in total. The number of sulfonamides is 1. The molecule has 21 heavy (non-hydrogen) atoms. The third-order valence-electron chi connectivity index (χ3n) is 2.96. The first kappa shape index (κ1) is 15.8. The van der Waals surface area contributed by atoms with Gasteiger partial charge in [0.2, 0.25) is 10.0 Å². The first-order valence-corrected chi connectivity index (χ1v) is 8.39. The van der Waals surface area contributed by atoms with Gasteiger partial charge in [-0.25, -0.2) is 8.42 Å². The summed E-state index contributed by atoms with van der Waals surface area (Å²) in [7, 11) is -3.65. The van der Waals surface area contributed by atoms with Crippen LogP contribution in [0, 0.1) is 6.92 Å². The summed E-state index contributed by atoms with van der Waals surface area (Å²) in [5.74, 6) is -0.404. The summed E-state index contributed by atoms with van der Waals surface area (Å²) in [5.41, 5.74) is 2.03. The minimum absolute atomic E-state index is 0.404. The normalized spacial score (nSPS) is 12.9. The van der Waals surface area contributed by atoms with Gasteiger partial charge in [0.15, 0.2) is 0 Å². The van der Waals surface area contributed by atoms with Gasteiger partial charge in [-0.05, 0) is 36.8 Å². The third-order valence-corrected chi connectivity index (χ3v) is 4.51. The van der Waals surface area contributed by atoms with Crippen LogP contribution in [0.1, 0.15) is 17.2 Å². The third kappa shape index (κ3) is 4.74. The molecule has 0 saturated heterocycles. The maximum Gasteiger partial charge on any atom is 0.235 e. The molecule has 0 aromatic heterocycles. The molecule has 0 fully saturated rings. The van der Waals surface area contributed by atoms with E-state index in [1.54, 1.807) is 36.4 Å². The zero-order chi connectivity index (χ0) is 15.5. The Morgan fingerprint density at radius 2 is 1.67 bits per heavy atom. The van der Waals surface area contributed by atoms with Gasteiger partial charge in [-0.2, -0.15) is 0 Å². The van der Waals surface area contributed by atoms with Crippen LogP contribution in [0.3, 0.4) is 0 Å². The van der Waals surface area contributed by atoms with E-state index in [9.17, 15) is 13.5 Å². The van der Waals surface area contributed by atoms with Gasteiger partial charge in [-0.3, -0.25) is 4.72 Å². The second-order valence-electron chi connectivity index (χ2n) is 4.82. The van der Waals surface area contributed by atoms with E-state index in [0.717, 1.165) is 5.56 Å². The van der Waals surface area contributed by atoms with E-state index in [1.807, 2.05) is 19.1 Å². The van der Waals surface area contributed by atoms with Gasteiger partial charge in [0, 0.05) is 10.7 Å². The maximum atomic E-state index is 12.0. The summed E-state index contributed by atoms with van der Waals surface area (Å²) in [6.45, 7) is 1.93. The highest BCUT2D eigenvalue weighted by molar-refractivity contribution is 7.92. The first-order valence-electron chi connectivity index (χ1n) is 6.36. The van der Waals surface area contributed by atoms with E-state index >= 15 is 0 Å². The SMILES string of the molecule is Cc1ccc(C(O)CS(=O)(=O)Nc2ccc(Cl)cc2)cc1. The zero-order valence-electron chi connectivity index (χ0n) is 11.5. The van der Waals surface area contributed by atoms with Gasteiger partial charge in [0.25, 0.3) is 0 Å². The zero-order valence-corrected chi connectivity index (χ0v) is 13.0. The smallest absolute Gasteiger partial charge is 0.235 e. The molecular weight excluding hydrogens is 310 g/mol. The minimum atomic E-state index is -3.65. The molecule has 2 aromatic carbocycles. The van der Waals surface area contributed by atoms with Gasteiger partial charge in [0.1, 0.15) is 0 Å². The Morgan fingerprint density at radius 1 is 1.10 bits per heavy atom. The monoisotopic (exact) mass is 325 g/mol. The largest absolute Gasteiger partial charge is 0.387 e. The molecule has 0 amide bonds. The molecule has 0 saturated carbocycles. The van der Waals surface area contributed by atoms with E-state index in [4.69, 9.17) is 11.6 Å². The summed E-state index contributed by atoms with van der Waals surface area (Å²) in [6.07, 6.45) is -1.07. The summed E-state index contributed by atoms with van der Waals surface area (Å²) in [6, 6.07) is 13.4. The molecule has 6 heteroatoms. The van der Waals surface area contributed by atoms with Crippen molar-refractivity contribution in [1.29, 1.82) is 0 Å². The Labute approximate surface area is 129 Å². The van der Waals surface area contributed by atoms with E-state index in [-0.39, 0.29) is 0 Å². The number of halogens is 1. The molecular formula is C15H16ClNO3S. The highest BCUT2D eigenvalue weighted by atomic mass is 35.5. The fourth-order valence-corrected chi connectivity index (χ4v) is 3.14. The lowest BCUT2D eigenvalue weighted by atomic mass is 10.1. The number of hydrogen-bond acceptors (Lipinski definition) is 3. The van der Waals surface area contributed by atoms with Gasteiger partial charge in [-0.15, -0.1) is 0 Å². The molecule has 112 valence electrons. The number of nitrogens with one attached hydrogen (secondary N) is 1. The van der Waals surface area contributed by atoms with Gasteiger partial charge in [0.05, 0.1) is 11.9 Å². The van der Waals surface area contributed by atoms with Crippen molar-refractivity contribution >= 4 is 27.3 Å². The number of aliphatic hydroxyl groups is 1. The van der Waals surface area contributed by atoms with Gasteiger partial charge >= 0.3 is 0 Å². The molecule has 0 aliphatic carbocycles. The minimum Gasteiger partial charge on any atom is -0.387 e. The summed E-state index contributed by atoms with van der Waals surface area (Å²) in [5, 5.41) is 10.6. The number of anilines is 1. The molecule has 0 spiro atoms. The molecule has 0 heterocycles. The van der Waals surface area contributed by atoms with E-state index < -0.39 is 21.9 Å². The topological polar surface area (TPSA) is 66.4 Å². The molecule has 1 unspecified atom stereocenters. The van der Waals surface area contributed by atoms with Crippen molar-refractivity contribution in [3.8, 4) is 0 Å². The number of aryl methyl sites for hydroxylation is 1. The van der Waals surface area contributed by atoms with Crippen molar-refractivity contribution in [2.45, 2.75) is 13.0 Å². The van der Waals surface area contributed by atoms with Crippen LogP contribution >= 0.6 is 11.6 Å². The van der Waals surface area contributed by atoms with Gasteiger partial charge < -0.3 is 5.11 Å². The van der Waals surface area contributed by atoms with Crippen LogP contribution in [-0.4, -0.2) is 19.3 Å². The number of aliphatic hydroxyl groups excluding tert-OH is 1. The average molecular weight is 326 g/mol. The number of hydrogen-bond donors (Lipinski definition) is 2. The molecule has 0 radical (unpaired) electrons. The quantitative estimate of drug-likeness (QED) is 0.887. The number of rotatable bonds is 5. The van der Waals surface area contributed by atoms with Crippen molar-refractivity contribution < 1.29 is 13.5 Å². The average Bonchev–Trinajstić information content (AvgIpc) is 2.41. The summed E-state index contributed by atoms with van der Waals surface area (Å²) < 4.78 is 26.5. The second kappa shape index (κ2) is 6.47. The van der Waals surface area contributed by atoms with Crippen molar-refractivity contribution in [2.75, 3.05) is 10.5 Å². The van der Waals surface area contributed by atoms with Crippen LogP contribution < -0.4 is 4.72 Å². The lowest BCUT2D eigenvalue weighted by molar-refractivity contribution is 0.202. The maximum absolute atomic E-state index is 12.0. The van der Waals surface area contributed by atoms with E-state index in [1.165, 1.54) is 0 Å². The first-order chi connectivity index (χ1) is 9.85. The molecule has 0 aliphatic heterocycles. The van der Waals surface area contributed by atoms with Crippen LogP contribution in [0.25, 0.3) is 0 Å². The Kier molecular flexibility index (Phi) is 4.88. The summed E-state index contributed by atoms with van der Waals surface area (Å²) in [4.78, 5) is 0. The standard InChI is InChI=1S/C15H16ClNO3S/c1-11-2-4-12(5-3-11)15(18)10-21(19,20)17-14-8-6-13(16)7-9-14/h2-9,15,17-18H,10H2,1H3. The molecule has 1 atom stereocenters. The van der Waals surface area contributed by atoms with Crippen molar-refractivity contribution in [1.82, 2.24) is 0 Å². The van der Waals surface area contributed by atoms with Crippen molar-refractivity contribution in [3.05, 3.63) is 64.7 Å². The second-order valence-corrected chi connectivity index (χ2v) is 7.02. The lowest BCUT2D eigenvalue weighted by Crippen LogP contribution is -2.21. The molecule has 0 aliphatic rings. The fourth-order valence-electron chi connectivity index (χ4n) is 1.83. The predicted molar refractivity (Wildman–Crippen MR) is 85.0 cm³/mol. The lowest BCUT2D eigenvalue weighted by Gasteiger charge is -2.13. The van der Waals surface area contributed by atoms with Crippen LogP contribution in [0.4, 0.5) is 5.69 Å². The van der Waals surface area contributed by atoms with Crippen LogP contribution in [0.15, 0.2) is 48.5 Å². The van der Waals surface area contributed by atoms with E-state index in [0.29, 0.717) is 16.3 Å². The van der Waals surface area contributed by atoms with Crippen LogP contribution in [0.5, 0.6) is 0 Å². The fraction of sp³-hybridized carbons (Fsp3) is 0.200. The van der Waals surface area contributed by atoms with Crippen molar-refractivity contribution in [2.24, 2.45) is 0 Å². The Morgan fingerprint density at radius 3 is 2.24 bits per heavy atom. The molecule has 2 rings (SSSR count). The van der Waals surface area contributed by atoms with Crippen LogP contribution in [0.2, 0.25) is 5.02 Å². The Hall–Kier alpha value is -1.56. The Bertz CT molecular complexity index is 697. The van der Waals surface area contributed by atoms with Gasteiger partial charge in [-0.1, -0.05) is 41.4 Å². The Balaban J connectivity index is 2.06. The molecule has 0 bridgehead atoms. The molecule has 4 nitrogen and oxygen atoms in total. The highest BCUT2D eigenvalue weighted by Gasteiger charge is 2.18. The molecule has 2 aromatic rings.